The highest BCUT2D eigenvalue weighted by Gasteiger charge is 2.23. The Bertz CT molecular complexity index is 1380. The van der Waals surface area contributed by atoms with Crippen molar-refractivity contribution in [1.29, 1.82) is 0 Å². The molecule has 7 nitrogen and oxygen atoms in total. The van der Waals surface area contributed by atoms with E-state index in [2.05, 4.69) is 0 Å². The molecule has 2 aliphatic rings. The predicted molar refractivity (Wildman–Crippen MR) is 129 cm³/mol. The normalized spacial score (nSPS) is 15.3. The first kappa shape index (κ1) is 22.4. The number of ether oxygens (including phenoxy) is 2. The summed E-state index contributed by atoms with van der Waals surface area (Å²) in [4.78, 5) is 43.0. The molecule has 0 fully saturated rings. The van der Waals surface area contributed by atoms with Crippen molar-refractivity contribution in [2.75, 3.05) is 20.9 Å². The number of ketones is 2. The zero-order chi connectivity index (χ0) is 24.5. The summed E-state index contributed by atoms with van der Waals surface area (Å²) in [6.45, 7) is 1.05. The van der Waals surface area contributed by atoms with Crippen LogP contribution in [0.3, 0.4) is 0 Å². The second-order valence-electron chi connectivity index (χ2n) is 8.53. The van der Waals surface area contributed by atoms with E-state index in [0.29, 0.717) is 47.0 Å². The van der Waals surface area contributed by atoms with Crippen molar-refractivity contribution in [3.05, 3.63) is 106 Å². The van der Waals surface area contributed by atoms with E-state index >= 15 is 0 Å². The number of amides is 1. The fourth-order valence-electron chi connectivity index (χ4n) is 4.49. The summed E-state index contributed by atoms with van der Waals surface area (Å²) in [5.41, 5.74) is 3.34. The molecular formula is C28H24N2O5. The molecule has 0 N–H and O–H groups in total. The lowest BCUT2D eigenvalue weighted by Crippen LogP contribution is -2.41. The van der Waals surface area contributed by atoms with Gasteiger partial charge in [-0.25, -0.2) is 0 Å². The minimum atomic E-state index is -0.211. The van der Waals surface area contributed by atoms with Crippen LogP contribution < -0.4 is 9.47 Å². The van der Waals surface area contributed by atoms with Crippen molar-refractivity contribution in [2.24, 2.45) is 0 Å². The third kappa shape index (κ3) is 4.28. The van der Waals surface area contributed by atoms with Gasteiger partial charge in [0.15, 0.2) is 11.6 Å². The fraction of sp³-hybridized carbons (Fsp3) is 0.179. The standard InChI is InChI=1S/C28H24N2O5/c1-34-24-8-6-20-13-22(24)15-29-11-10-26(31)30(17-29)16-23-14-21(7-9-25(23)35-2)28(33)19-5-3-4-18(12-19)27(20)32/h3-14H,15-17H2,1-2H3. The van der Waals surface area contributed by atoms with Crippen molar-refractivity contribution >= 4 is 17.5 Å². The summed E-state index contributed by atoms with van der Waals surface area (Å²) in [5.74, 6) is 0.715. The van der Waals surface area contributed by atoms with E-state index in [1.165, 1.54) is 6.08 Å². The van der Waals surface area contributed by atoms with Crippen molar-refractivity contribution in [1.82, 2.24) is 9.80 Å². The summed E-state index contributed by atoms with van der Waals surface area (Å²) in [6, 6.07) is 17.2. The van der Waals surface area contributed by atoms with E-state index in [1.807, 2.05) is 11.0 Å². The van der Waals surface area contributed by atoms with E-state index in [-0.39, 0.29) is 24.0 Å². The van der Waals surface area contributed by atoms with Gasteiger partial charge in [0, 0.05) is 52.2 Å². The third-order valence-electron chi connectivity index (χ3n) is 6.30. The zero-order valence-electron chi connectivity index (χ0n) is 19.5. The zero-order valence-corrected chi connectivity index (χ0v) is 19.5. The van der Waals surface area contributed by atoms with Gasteiger partial charge in [0.25, 0.3) is 0 Å². The van der Waals surface area contributed by atoms with Gasteiger partial charge in [-0.2, -0.15) is 0 Å². The van der Waals surface area contributed by atoms with Crippen LogP contribution in [0.25, 0.3) is 0 Å². The average molecular weight is 469 g/mol. The van der Waals surface area contributed by atoms with Gasteiger partial charge in [0.1, 0.15) is 11.5 Å². The SMILES string of the molecule is COc1ccc2cc1CN1C=CC(=O)N(Cc3cc(ccc3OC)C(=O)c3cccc(c3)C2=O)C1. The molecule has 2 heterocycles. The van der Waals surface area contributed by atoms with Crippen molar-refractivity contribution in [2.45, 2.75) is 13.1 Å². The Morgan fingerprint density at radius 1 is 0.686 bits per heavy atom. The van der Waals surface area contributed by atoms with Crippen LogP contribution in [0.1, 0.15) is 43.0 Å². The van der Waals surface area contributed by atoms with Crippen molar-refractivity contribution < 1.29 is 23.9 Å². The Hall–Kier alpha value is -4.39. The van der Waals surface area contributed by atoms with E-state index in [1.54, 1.807) is 79.9 Å². The monoisotopic (exact) mass is 468 g/mol. The van der Waals surface area contributed by atoms with Crippen LogP contribution in [0.5, 0.6) is 11.5 Å². The summed E-state index contributed by atoms with van der Waals surface area (Å²) in [7, 11) is 3.15. The molecule has 0 spiro atoms. The van der Waals surface area contributed by atoms with Crippen LogP contribution in [-0.4, -0.2) is 48.2 Å². The molecule has 0 saturated carbocycles. The van der Waals surface area contributed by atoms with Gasteiger partial charge in [-0.15, -0.1) is 0 Å². The molecular weight excluding hydrogens is 444 g/mol. The van der Waals surface area contributed by atoms with E-state index in [4.69, 9.17) is 9.47 Å². The van der Waals surface area contributed by atoms with Crippen LogP contribution in [0.15, 0.2) is 72.9 Å². The lowest BCUT2D eigenvalue weighted by atomic mass is 9.95. The summed E-state index contributed by atoms with van der Waals surface area (Å²) < 4.78 is 11.1. The van der Waals surface area contributed by atoms with Crippen LogP contribution >= 0.6 is 0 Å². The molecule has 8 bridgehead atoms. The first-order valence-corrected chi connectivity index (χ1v) is 11.2. The molecule has 5 rings (SSSR count). The number of methoxy groups -OCH3 is 2. The number of hydrogen-bond donors (Lipinski definition) is 0. The molecule has 0 aromatic heterocycles. The Morgan fingerprint density at radius 2 is 1.23 bits per heavy atom. The molecule has 0 radical (unpaired) electrons. The van der Waals surface area contributed by atoms with Gasteiger partial charge >= 0.3 is 0 Å². The van der Waals surface area contributed by atoms with E-state index < -0.39 is 0 Å². The molecule has 7 heteroatoms. The second kappa shape index (κ2) is 9.10. The molecule has 1 amide bonds. The molecule has 35 heavy (non-hydrogen) atoms. The second-order valence-corrected chi connectivity index (χ2v) is 8.53. The van der Waals surface area contributed by atoms with Gasteiger partial charge in [0.05, 0.1) is 27.4 Å². The lowest BCUT2D eigenvalue weighted by molar-refractivity contribution is -0.129. The smallest absolute Gasteiger partial charge is 0.249 e. The fourth-order valence-corrected chi connectivity index (χ4v) is 4.49. The minimum absolute atomic E-state index is 0.134. The number of fused-ring (bicyclic) bond motifs is 8. The first-order valence-electron chi connectivity index (χ1n) is 11.2. The highest BCUT2D eigenvalue weighted by atomic mass is 16.5. The molecule has 0 atom stereocenters. The first-order chi connectivity index (χ1) is 17.0. The van der Waals surface area contributed by atoms with Crippen LogP contribution in [0.2, 0.25) is 0 Å². The number of benzene rings is 3. The largest absolute Gasteiger partial charge is 0.496 e. The predicted octanol–water partition coefficient (Wildman–Crippen LogP) is 3.79. The maximum Gasteiger partial charge on any atom is 0.249 e. The number of nitrogens with zero attached hydrogens (tertiary/aromatic N) is 2. The van der Waals surface area contributed by atoms with Gasteiger partial charge < -0.3 is 19.3 Å². The average Bonchev–Trinajstić information content (AvgIpc) is 2.89. The number of hydrogen-bond acceptors (Lipinski definition) is 6. The van der Waals surface area contributed by atoms with Crippen LogP contribution in [-0.2, 0) is 17.9 Å². The number of carbonyl (C=O) groups is 3. The maximum absolute atomic E-state index is 13.3. The quantitative estimate of drug-likeness (QED) is 0.570. The Balaban J connectivity index is 1.67. The van der Waals surface area contributed by atoms with E-state index in [0.717, 1.165) is 11.1 Å². The minimum Gasteiger partial charge on any atom is -0.496 e. The number of carbonyl (C=O) groups excluding carboxylic acids is 3. The summed E-state index contributed by atoms with van der Waals surface area (Å²) in [5, 5.41) is 0. The Kier molecular flexibility index (Phi) is 5.82. The summed E-state index contributed by atoms with van der Waals surface area (Å²) >= 11 is 0. The molecule has 3 aromatic carbocycles. The van der Waals surface area contributed by atoms with Crippen LogP contribution in [0, 0.1) is 0 Å². The molecule has 2 aliphatic heterocycles. The Labute approximate surface area is 203 Å². The molecule has 0 unspecified atom stereocenters. The van der Waals surface area contributed by atoms with Gasteiger partial charge in [-0.05, 0) is 42.5 Å². The Morgan fingerprint density at radius 3 is 1.80 bits per heavy atom. The lowest BCUT2D eigenvalue weighted by Gasteiger charge is -2.33. The molecule has 3 aromatic rings. The van der Waals surface area contributed by atoms with Gasteiger partial charge in [-0.1, -0.05) is 18.2 Å². The van der Waals surface area contributed by atoms with Crippen molar-refractivity contribution in [3.8, 4) is 11.5 Å². The molecule has 0 aliphatic carbocycles. The maximum atomic E-state index is 13.3. The summed E-state index contributed by atoms with van der Waals surface area (Å²) in [6.07, 6.45) is 3.26. The highest BCUT2D eigenvalue weighted by molar-refractivity contribution is 6.13. The molecule has 176 valence electrons. The van der Waals surface area contributed by atoms with Crippen LogP contribution in [0.4, 0.5) is 0 Å². The topological polar surface area (TPSA) is 76.2 Å². The number of rotatable bonds is 2. The van der Waals surface area contributed by atoms with Gasteiger partial charge in [0.2, 0.25) is 5.91 Å². The highest BCUT2D eigenvalue weighted by Crippen LogP contribution is 2.28. The van der Waals surface area contributed by atoms with Crippen molar-refractivity contribution in [3.63, 3.8) is 0 Å². The van der Waals surface area contributed by atoms with Gasteiger partial charge in [-0.3, -0.25) is 14.4 Å². The third-order valence-corrected chi connectivity index (χ3v) is 6.30. The van der Waals surface area contributed by atoms with E-state index in [9.17, 15) is 14.4 Å². The molecule has 0 saturated heterocycles.